The van der Waals surface area contributed by atoms with Gasteiger partial charge in [-0.15, -0.1) is 0 Å². The van der Waals surface area contributed by atoms with Crippen LogP contribution in [0.3, 0.4) is 0 Å². The first-order valence-electron chi connectivity index (χ1n) is 6.55. The number of aromatic nitrogens is 1. The molecule has 0 radical (unpaired) electrons. The van der Waals surface area contributed by atoms with Gasteiger partial charge in [-0.3, -0.25) is 0 Å². The number of thiophene rings is 1. The molecular formula is C15H15N3OS. The van der Waals surface area contributed by atoms with Gasteiger partial charge in [0.1, 0.15) is 18.0 Å². The largest absolute Gasteiger partial charge is 0.367 e. The fourth-order valence-corrected chi connectivity index (χ4v) is 3.12. The highest BCUT2D eigenvalue weighted by Gasteiger charge is 2.27. The van der Waals surface area contributed by atoms with Gasteiger partial charge in [-0.05, 0) is 41.4 Å². The molecule has 0 aromatic carbocycles. The second-order valence-electron chi connectivity index (χ2n) is 4.91. The quantitative estimate of drug-likeness (QED) is 0.851. The molecule has 3 rings (SSSR count). The van der Waals surface area contributed by atoms with Crippen LogP contribution in [0.5, 0.6) is 0 Å². The minimum Gasteiger partial charge on any atom is -0.367 e. The first-order valence-corrected chi connectivity index (χ1v) is 7.49. The van der Waals surface area contributed by atoms with E-state index < -0.39 is 0 Å². The Labute approximate surface area is 122 Å². The zero-order valence-electron chi connectivity index (χ0n) is 11.2. The van der Waals surface area contributed by atoms with Crippen LogP contribution in [0.25, 0.3) is 0 Å². The van der Waals surface area contributed by atoms with Gasteiger partial charge < -0.3 is 9.64 Å². The highest BCUT2D eigenvalue weighted by atomic mass is 32.1. The third-order valence-electron chi connectivity index (χ3n) is 3.38. The van der Waals surface area contributed by atoms with Crippen molar-refractivity contribution < 1.29 is 4.74 Å². The summed E-state index contributed by atoms with van der Waals surface area (Å²) in [6.07, 6.45) is 1.86. The van der Waals surface area contributed by atoms with E-state index >= 15 is 0 Å². The first kappa shape index (κ1) is 13.1. The summed E-state index contributed by atoms with van der Waals surface area (Å²) in [5.74, 6) is 0.902. The van der Waals surface area contributed by atoms with Crippen LogP contribution in [0.2, 0.25) is 0 Å². The maximum absolute atomic E-state index is 8.83. The van der Waals surface area contributed by atoms with E-state index in [9.17, 15) is 0 Å². The topological polar surface area (TPSA) is 49.2 Å². The molecule has 0 spiro atoms. The highest BCUT2D eigenvalue weighted by molar-refractivity contribution is 7.07. The summed E-state index contributed by atoms with van der Waals surface area (Å²) in [5, 5.41) is 13.0. The van der Waals surface area contributed by atoms with E-state index in [1.807, 2.05) is 12.1 Å². The molecule has 4 nitrogen and oxygen atoms in total. The number of hydrogen-bond acceptors (Lipinski definition) is 5. The summed E-state index contributed by atoms with van der Waals surface area (Å²) in [7, 11) is 0. The van der Waals surface area contributed by atoms with Crippen molar-refractivity contribution in [2.24, 2.45) is 0 Å². The van der Waals surface area contributed by atoms with Crippen molar-refractivity contribution in [2.75, 3.05) is 18.0 Å². The van der Waals surface area contributed by atoms with E-state index in [1.165, 1.54) is 5.56 Å². The number of morpholine rings is 1. The number of rotatable bonds is 2. The van der Waals surface area contributed by atoms with Gasteiger partial charge in [0.15, 0.2) is 0 Å². The van der Waals surface area contributed by atoms with Crippen LogP contribution >= 0.6 is 11.3 Å². The van der Waals surface area contributed by atoms with E-state index in [-0.39, 0.29) is 12.2 Å². The second-order valence-corrected chi connectivity index (χ2v) is 5.69. The predicted octanol–water partition coefficient (Wildman–Crippen LogP) is 2.98. The van der Waals surface area contributed by atoms with Gasteiger partial charge in [0.05, 0.1) is 11.7 Å². The molecule has 102 valence electrons. The fourth-order valence-electron chi connectivity index (χ4n) is 2.42. The van der Waals surface area contributed by atoms with E-state index in [2.05, 4.69) is 39.7 Å². The SMILES string of the molecule is CC1CN(c2ccc(C#N)cn2)CC(c2ccsc2)O1. The van der Waals surface area contributed by atoms with E-state index in [0.717, 1.165) is 18.9 Å². The Morgan fingerprint density at radius 3 is 2.95 bits per heavy atom. The first-order chi connectivity index (χ1) is 9.76. The average molecular weight is 285 g/mol. The molecule has 2 aromatic heterocycles. The van der Waals surface area contributed by atoms with E-state index in [4.69, 9.17) is 10.00 Å². The van der Waals surface area contributed by atoms with Crippen LogP contribution in [0, 0.1) is 11.3 Å². The van der Waals surface area contributed by atoms with Gasteiger partial charge in [0.25, 0.3) is 0 Å². The number of hydrogen-bond donors (Lipinski definition) is 0. The molecule has 1 fully saturated rings. The van der Waals surface area contributed by atoms with Gasteiger partial charge in [-0.25, -0.2) is 4.98 Å². The zero-order chi connectivity index (χ0) is 13.9. The Hall–Kier alpha value is -1.90. The third-order valence-corrected chi connectivity index (χ3v) is 4.08. The average Bonchev–Trinajstić information content (AvgIpc) is 3.01. The summed E-state index contributed by atoms with van der Waals surface area (Å²) in [6, 6.07) is 7.91. The Balaban J connectivity index is 1.80. The van der Waals surface area contributed by atoms with Crippen LogP contribution in [0.15, 0.2) is 35.2 Å². The summed E-state index contributed by atoms with van der Waals surface area (Å²) in [6.45, 7) is 3.69. The van der Waals surface area contributed by atoms with Crippen molar-refractivity contribution in [3.05, 3.63) is 46.3 Å². The maximum Gasteiger partial charge on any atom is 0.128 e. The molecule has 5 heteroatoms. The zero-order valence-corrected chi connectivity index (χ0v) is 12.0. The maximum atomic E-state index is 8.83. The Kier molecular flexibility index (Phi) is 3.68. The molecule has 1 aliphatic rings. The Morgan fingerprint density at radius 1 is 1.40 bits per heavy atom. The molecule has 0 bridgehead atoms. The molecule has 0 saturated carbocycles. The molecule has 1 aliphatic heterocycles. The van der Waals surface area contributed by atoms with Crippen molar-refractivity contribution >= 4 is 17.2 Å². The molecule has 0 amide bonds. The van der Waals surface area contributed by atoms with Crippen LogP contribution < -0.4 is 4.90 Å². The van der Waals surface area contributed by atoms with Gasteiger partial charge in [0.2, 0.25) is 0 Å². The number of nitrogens with zero attached hydrogens (tertiary/aromatic N) is 3. The summed E-state index contributed by atoms with van der Waals surface area (Å²) in [5.41, 5.74) is 1.81. The molecule has 2 unspecified atom stereocenters. The molecule has 1 saturated heterocycles. The number of ether oxygens (including phenoxy) is 1. The van der Waals surface area contributed by atoms with Crippen molar-refractivity contribution in [1.82, 2.24) is 4.98 Å². The monoisotopic (exact) mass is 285 g/mol. The van der Waals surface area contributed by atoms with Gasteiger partial charge in [-0.1, -0.05) is 0 Å². The summed E-state index contributed by atoms with van der Waals surface area (Å²) < 4.78 is 6.01. The molecule has 2 aromatic rings. The van der Waals surface area contributed by atoms with Gasteiger partial charge in [-0.2, -0.15) is 16.6 Å². The second kappa shape index (κ2) is 5.61. The smallest absolute Gasteiger partial charge is 0.128 e. The standard InChI is InChI=1S/C15H15N3OS/c1-11-8-18(15-3-2-12(6-16)7-17-15)9-14(19-11)13-4-5-20-10-13/h2-5,7,10-11,14H,8-9H2,1H3. The minimum atomic E-state index is 0.0856. The van der Waals surface area contributed by atoms with Crippen LogP contribution in [-0.2, 0) is 4.74 Å². The van der Waals surface area contributed by atoms with Crippen molar-refractivity contribution in [3.8, 4) is 6.07 Å². The molecular weight excluding hydrogens is 270 g/mol. The Bertz CT molecular complexity index is 603. The lowest BCUT2D eigenvalue weighted by molar-refractivity contribution is -0.0174. The summed E-state index contributed by atoms with van der Waals surface area (Å²) >= 11 is 1.69. The highest BCUT2D eigenvalue weighted by Crippen LogP contribution is 2.28. The Morgan fingerprint density at radius 2 is 2.30 bits per heavy atom. The third kappa shape index (κ3) is 2.67. The predicted molar refractivity (Wildman–Crippen MR) is 78.8 cm³/mol. The normalized spacial score (nSPS) is 22.5. The number of pyridine rings is 1. The molecule has 3 heterocycles. The molecule has 2 atom stereocenters. The molecule has 0 N–H and O–H groups in total. The van der Waals surface area contributed by atoms with Crippen LogP contribution in [0.1, 0.15) is 24.2 Å². The minimum absolute atomic E-state index is 0.0856. The molecule has 0 aliphatic carbocycles. The lowest BCUT2D eigenvalue weighted by atomic mass is 10.1. The van der Waals surface area contributed by atoms with Crippen molar-refractivity contribution in [3.63, 3.8) is 0 Å². The van der Waals surface area contributed by atoms with Crippen molar-refractivity contribution in [1.29, 1.82) is 5.26 Å². The summed E-state index contributed by atoms with van der Waals surface area (Å²) in [4.78, 5) is 6.59. The van der Waals surface area contributed by atoms with Gasteiger partial charge >= 0.3 is 0 Å². The van der Waals surface area contributed by atoms with Crippen molar-refractivity contribution in [2.45, 2.75) is 19.1 Å². The molecule has 20 heavy (non-hydrogen) atoms. The number of anilines is 1. The van der Waals surface area contributed by atoms with Crippen LogP contribution in [0.4, 0.5) is 5.82 Å². The number of nitriles is 1. The van der Waals surface area contributed by atoms with E-state index in [0.29, 0.717) is 5.56 Å². The fraction of sp³-hybridized carbons (Fsp3) is 0.333. The van der Waals surface area contributed by atoms with Gasteiger partial charge in [0, 0.05) is 19.3 Å². The lowest BCUT2D eigenvalue weighted by Crippen LogP contribution is -2.43. The van der Waals surface area contributed by atoms with E-state index in [1.54, 1.807) is 17.5 Å². The lowest BCUT2D eigenvalue weighted by Gasteiger charge is -2.37. The van der Waals surface area contributed by atoms with Crippen LogP contribution in [-0.4, -0.2) is 24.2 Å².